The molecular weight excluding hydrogens is 256 g/mol. The molecule has 0 bridgehead atoms. The second-order valence-corrected chi connectivity index (χ2v) is 5.38. The van der Waals surface area contributed by atoms with Crippen molar-refractivity contribution < 1.29 is 14.6 Å². The molecule has 0 aromatic carbocycles. The number of hydrogen-bond donors (Lipinski definition) is 2. The summed E-state index contributed by atoms with van der Waals surface area (Å²) in [6, 6.07) is 1.52. The Hall–Kier alpha value is -1.46. The van der Waals surface area contributed by atoms with Crippen LogP contribution in [0.2, 0.25) is 0 Å². The molecule has 1 heterocycles. The molecule has 1 aromatic rings. The summed E-state index contributed by atoms with van der Waals surface area (Å²) in [7, 11) is 1.60. The third-order valence-corrected chi connectivity index (χ3v) is 3.80. The predicted octanol–water partition coefficient (Wildman–Crippen LogP) is 1.44. The molecule has 5 nitrogen and oxygen atoms in total. The van der Waals surface area contributed by atoms with E-state index in [1.165, 1.54) is 0 Å². The fourth-order valence-corrected chi connectivity index (χ4v) is 2.66. The number of amides is 1. The highest BCUT2D eigenvalue weighted by atomic mass is 16.5. The highest BCUT2D eigenvalue weighted by molar-refractivity contribution is 5.94. The van der Waals surface area contributed by atoms with Crippen LogP contribution in [0.1, 0.15) is 41.6 Å². The van der Waals surface area contributed by atoms with Crippen molar-refractivity contribution in [1.29, 1.82) is 0 Å². The van der Waals surface area contributed by atoms with Gasteiger partial charge in [0.05, 0.1) is 17.7 Å². The van der Waals surface area contributed by atoms with Gasteiger partial charge in [-0.3, -0.25) is 9.78 Å². The minimum absolute atomic E-state index is 0.193. The number of aliphatic hydroxyl groups excluding tert-OH is 1. The first-order chi connectivity index (χ1) is 9.61. The van der Waals surface area contributed by atoms with E-state index in [1.807, 2.05) is 6.92 Å². The summed E-state index contributed by atoms with van der Waals surface area (Å²) >= 11 is 0. The van der Waals surface area contributed by atoms with Gasteiger partial charge in [0.15, 0.2) is 0 Å². The lowest BCUT2D eigenvalue weighted by Gasteiger charge is -2.27. The minimum Gasteiger partial charge on any atom is -0.388 e. The standard InChI is InChI=1S/C15H22N2O3/c1-10-7-11(9-16-8-10)15(19)17-12-5-3-4-6-13(20-2)14(12)18/h7-9,12-14,18H,3-6H2,1-2H3,(H,17,19)/t12-,13-,14-/m1/s1. The molecule has 1 amide bonds. The number of nitrogens with zero attached hydrogens (tertiary/aromatic N) is 1. The predicted molar refractivity (Wildman–Crippen MR) is 75.5 cm³/mol. The number of rotatable bonds is 3. The van der Waals surface area contributed by atoms with E-state index in [-0.39, 0.29) is 18.1 Å². The summed E-state index contributed by atoms with van der Waals surface area (Å²) in [5, 5.41) is 13.2. The maximum atomic E-state index is 12.2. The van der Waals surface area contributed by atoms with E-state index in [4.69, 9.17) is 4.74 Å². The molecule has 1 aromatic heterocycles. The lowest BCUT2D eigenvalue weighted by Crippen LogP contribution is -2.48. The Morgan fingerprint density at radius 1 is 1.40 bits per heavy atom. The number of carbonyl (C=O) groups is 1. The van der Waals surface area contributed by atoms with Crippen molar-refractivity contribution in [3.63, 3.8) is 0 Å². The average molecular weight is 278 g/mol. The number of hydrogen-bond acceptors (Lipinski definition) is 4. The van der Waals surface area contributed by atoms with Gasteiger partial charge in [0.25, 0.3) is 5.91 Å². The second-order valence-electron chi connectivity index (χ2n) is 5.38. The minimum atomic E-state index is -0.663. The van der Waals surface area contributed by atoms with E-state index in [9.17, 15) is 9.90 Å². The zero-order valence-corrected chi connectivity index (χ0v) is 12.0. The van der Waals surface area contributed by atoms with Crippen molar-refractivity contribution in [2.45, 2.75) is 50.9 Å². The highest BCUT2D eigenvalue weighted by Gasteiger charge is 2.31. The summed E-state index contributed by atoms with van der Waals surface area (Å²) in [4.78, 5) is 16.2. The van der Waals surface area contributed by atoms with E-state index in [1.54, 1.807) is 25.6 Å². The molecule has 1 fully saturated rings. The molecule has 0 unspecified atom stereocenters. The SMILES string of the molecule is CO[C@@H]1CCCC[C@@H](NC(=O)c2cncc(C)c2)[C@H]1O. The first kappa shape index (κ1) is 14.9. The number of ether oxygens (including phenoxy) is 1. The number of carbonyl (C=O) groups excluding carboxylic acids is 1. The van der Waals surface area contributed by atoms with Gasteiger partial charge < -0.3 is 15.2 Å². The van der Waals surface area contributed by atoms with Gasteiger partial charge in [0.1, 0.15) is 6.10 Å². The number of methoxy groups -OCH3 is 1. The Balaban J connectivity index is 2.05. The molecule has 1 saturated carbocycles. The van der Waals surface area contributed by atoms with Crippen LogP contribution >= 0.6 is 0 Å². The molecule has 0 aliphatic heterocycles. The van der Waals surface area contributed by atoms with Crippen LogP contribution in [0.4, 0.5) is 0 Å². The third-order valence-electron chi connectivity index (χ3n) is 3.80. The zero-order valence-electron chi connectivity index (χ0n) is 12.0. The molecule has 0 saturated heterocycles. The third kappa shape index (κ3) is 3.55. The Morgan fingerprint density at radius 2 is 2.15 bits per heavy atom. The van der Waals surface area contributed by atoms with Gasteiger partial charge in [-0.2, -0.15) is 0 Å². The van der Waals surface area contributed by atoms with Gasteiger partial charge in [0, 0.05) is 19.5 Å². The van der Waals surface area contributed by atoms with E-state index in [2.05, 4.69) is 10.3 Å². The van der Waals surface area contributed by atoms with Crippen molar-refractivity contribution in [3.8, 4) is 0 Å². The fourth-order valence-electron chi connectivity index (χ4n) is 2.66. The summed E-state index contributed by atoms with van der Waals surface area (Å²) in [5.74, 6) is -0.193. The largest absolute Gasteiger partial charge is 0.388 e. The zero-order chi connectivity index (χ0) is 14.5. The van der Waals surface area contributed by atoms with Crippen molar-refractivity contribution >= 4 is 5.91 Å². The molecule has 2 rings (SSSR count). The molecule has 1 aliphatic carbocycles. The van der Waals surface area contributed by atoms with Crippen LogP contribution in [0.25, 0.3) is 0 Å². The van der Waals surface area contributed by atoms with Crippen LogP contribution in [-0.4, -0.2) is 41.4 Å². The second kappa shape index (κ2) is 6.81. The molecule has 2 N–H and O–H groups in total. The molecular formula is C15H22N2O3. The molecule has 20 heavy (non-hydrogen) atoms. The number of aromatic nitrogens is 1. The van der Waals surface area contributed by atoms with Crippen LogP contribution < -0.4 is 5.32 Å². The van der Waals surface area contributed by atoms with E-state index in [0.29, 0.717) is 5.56 Å². The van der Waals surface area contributed by atoms with Crippen molar-refractivity contribution in [3.05, 3.63) is 29.6 Å². The van der Waals surface area contributed by atoms with Gasteiger partial charge in [-0.05, 0) is 31.4 Å². The van der Waals surface area contributed by atoms with E-state index < -0.39 is 6.10 Å². The fraction of sp³-hybridized carbons (Fsp3) is 0.600. The van der Waals surface area contributed by atoms with Gasteiger partial charge in [-0.15, -0.1) is 0 Å². The molecule has 1 aliphatic rings. The normalized spacial score (nSPS) is 26.9. The van der Waals surface area contributed by atoms with E-state index in [0.717, 1.165) is 31.2 Å². The first-order valence-electron chi connectivity index (χ1n) is 7.05. The van der Waals surface area contributed by atoms with Crippen molar-refractivity contribution in [2.24, 2.45) is 0 Å². The molecule has 0 radical (unpaired) electrons. The lowest BCUT2D eigenvalue weighted by atomic mass is 10.0. The monoisotopic (exact) mass is 278 g/mol. The van der Waals surface area contributed by atoms with Crippen LogP contribution in [0.5, 0.6) is 0 Å². The smallest absolute Gasteiger partial charge is 0.253 e. The Bertz CT molecular complexity index is 464. The summed E-state index contributed by atoms with van der Waals surface area (Å²) in [6.07, 6.45) is 5.96. The van der Waals surface area contributed by atoms with Crippen molar-refractivity contribution in [1.82, 2.24) is 10.3 Å². The molecule has 5 heteroatoms. The summed E-state index contributed by atoms with van der Waals surface area (Å²) in [5.41, 5.74) is 1.46. The maximum absolute atomic E-state index is 12.2. The van der Waals surface area contributed by atoms with Gasteiger partial charge >= 0.3 is 0 Å². The van der Waals surface area contributed by atoms with Gasteiger partial charge in [-0.25, -0.2) is 0 Å². The van der Waals surface area contributed by atoms with Crippen LogP contribution in [0.15, 0.2) is 18.5 Å². The van der Waals surface area contributed by atoms with Gasteiger partial charge in [0.2, 0.25) is 0 Å². The molecule has 110 valence electrons. The van der Waals surface area contributed by atoms with Gasteiger partial charge in [-0.1, -0.05) is 12.8 Å². The first-order valence-corrected chi connectivity index (χ1v) is 7.05. The highest BCUT2D eigenvalue weighted by Crippen LogP contribution is 2.21. The Morgan fingerprint density at radius 3 is 2.85 bits per heavy atom. The topological polar surface area (TPSA) is 71.5 Å². The average Bonchev–Trinajstić information content (AvgIpc) is 2.61. The van der Waals surface area contributed by atoms with Crippen LogP contribution in [0.3, 0.4) is 0 Å². The Labute approximate surface area is 119 Å². The van der Waals surface area contributed by atoms with E-state index >= 15 is 0 Å². The quantitative estimate of drug-likeness (QED) is 0.821. The van der Waals surface area contributed by atoms with Crippen LogP contribution in [0, 0.1) is 6.92 Å². The number of nitrogens with one attached hydrogen (secondary N) is 1. The van der Waals surface area contributed by atoms with Crippen LogP contribution in [-0.2, 0) is 4.74 Å². The molecule has 3 atom stereocenters. The summed E-state index contributed by atoms with van der Waals surface area (Å²) < 4.78 is 5.31. The number of aryl methyl sites for hydroxylation is 1. The number of aliphatic hydroxyl groups is 1. The lowest BCUT2D eigenvalue weighted by molar-refractivity contribution is -0.0277. The summed E-state index contributed by atoms with van der Waals surface area (Å²) in [6.45, 7) is 1.89. The van der Waals surface area contributed by atoms with Crippen molar-refractivity contribution in [2.75, 3.05) is 7.11 Å². The maximum Gasteiger partial charge on any atom is 0.253 e. The Kier molecular flexibility index (Phi) is 5.09. The number of pyridine rings is 1. The molecule has 0 spiro atoms.